The van der Waals surface area contributed by atoms with Crippen LogP contribution in [-0.2, 0) is 19.5 Å². The molecule has 1 aliphatic rings. The van der Waals surface area contributed by atoms with Crippen LogP contribution < -0.4 is 4.72 Å². The van der Waals surface area contributed by atoms with Gasteiger partial charge in [0.05, 0.1) is 28.7 Å². The van der Waals surface area contributed by atoms with Gasteiger partial charge in [0.15, 0.2) is 6.29 Å². The highest BCUT2D eigenvalue weighted by molar-refractivity contribution is 7.92. The maximum absolute atomic E-state index is 12.5. The number of ether oxygens (including phenoxy) is 2. The van der Waals surface area contributed by atoms with Crippen molar-refractivity contribution in [1.82, 2.24) is 0 Å². The fourth-order valence-corrected chi connectivity index (χ4v) is 3.75. The second-order valence-corrected chi connectivity index (χ2v) is 7.34. The van der Waals surface area contributed by atoms with Crippen molar-refractivity contribution in [2.24, 2.45) is 0 Å². The Morgan fingerprint density at radius 2 is 1.88 bits per heavy atom. The SMILES string of the molecule is O=C(O)c1ccc(S(=O)(=O)Nc2cccc(C3OCCO3)c2)cc1Cl. The van der Waals surface area contributed by atoms with E-state index in [4.69, 9.17) is 26.2 Å². The molecule has 0 spiro atoms. The lowest BCUT2D eigenvalue weighted by atomic mass is 10.2. The Morgan fingerprint density at radius 1 is 1.16 bits per heavy atom. The quantitative estimate of drug-likeness (QED) is 0.823. The number of carboxylic acid groups (broad SMARTS) is 1. The number of carbonyl (C=O) groups is 1. The lowest BCUT2D eigenvalue weighted by molar-refractivity contribution is -0.0440. The fraction of sp³-hybridized carbons (Fsp3) is 0.188. The van der Waals surface area contributed by atoms with E-state index in [9.17, 15) is 13.2 Å². The Kier molecular flexibility index (Phi) is 4.96. The van der Waals surface area contributed by atoms with Gasteiger partial charge in [-0.2, -0.15) is 0 Å². The van der Waals surface area contributed by atoms with Crippen molar-refractivity contribution < 1.29 is 27.8 Å². The first kappa shape index (κ1) is 17.7. The fourth-order valence-electron chi connectivity index (χ4n) is 2.35. The zero-order valence-electron chi connectivity index (χ0n) is 12.8. The zero-order valence-corrected chi connectivity index (χ0v) is 14.4. The molecule has 1 saturated heterocycles. The summed E-state index contributed by atoms with van der Waals surface area (Å²) in [6.45, 7) is 0.962. The molecule has 0 saturated carbocycles. The van der Waals surface area contributed by atoms with Crippen LogP contribution in [0.15, 0.2) is 47.4 Å². The van der Waals surface area contributed by atoms with E-state index in [1.165, 1.54) is 6.07 Å². The average Bonchev–Trinajstić information content (AvgIpc) is 3.08. The van der Waals surface area contributed by atoms with E-state index < -0.39 is 22.3 Å². The number of benzene rings is 2. The summed E-state index contributed by atoms with van der Waals surface area (Å²) in [6.07, 6.45) is -0.520. The molecule has 9 heteroatoms. The number of aromatic carboxylic acids is 1. The monoisotopic (exact) mass is 383 g/mol. The molecule has 0 radical (unpaired) electrons. The van der Waals surface area contributed by atoms with E-state index in [2.05, 4.69) is 4.72 Å². The summed E-state index contributed by atoms with van der Waals surface area (Å²) in [7, 11) is -3.93. The van der Waals surface area contributed by atoms with Crippen LogP contribution in [0.2, 0.25) is 5.02 Å². The van der Waals surface area contributed by atoms with Gasteiger partial charge in [0.25, 0.3) is 10.0 Å². The Morgan fingerprint density at radius 3 is 2.52 bits per heavy atom. The van der Waals surface area contributed by atoms with E-state index in [0.717, 1.165) is 12.1 Å². The number of anilines is 1. The van der Waals surface area contributed by atoms with Gasteiger partial charge in [0, 0.05) is 11.3 Å². The Bertz CT molecular complexity index is 909. The van der Waals surface area contributed by atoms with Crippen molar-refractivity contribution in [1.29, 1.82) is 0 Å². The summed E-state index contributed by atoms with van der Waals surface area (Å²) < 4.78 is 38.2. The van der Waals surface area contributed by atoms with E-state index in [0.29, 0.717) is 24.5 Å². The summed E-state index contributed by atoms with van der Waals surface area (Å²) in [5.41, 5.74) is 0.852. The molecule has 0 aromatic heterocycles. The van der Waals surface area contributed by atoms with Crippen molar-refractivity contribution in [2.45, 2.75) is 11.2 Å². The number of rotatable bonds is 5. The van der Waals surface area contributed by atoms with Crippen LogP contribution in [0.3, 0.4) is 0 Å². The minimum atomic E-state index is -3.93. The molecule has 1 fully saturated rings. The molecule has 0 aliphatic carbocycles. The van der Waals surface area contributed by atoms with Crippen LogP contribution in [0.4, 0.5) is 5.69 Å². The van der Waals surface area contributed by atoms with Gasteiger partial charge in [0.2, 0.25) is 0 Å². The molecule has 132 valence electrons. The highest BCUT2D eigenvalue weighted by atomic mass is 35.5. The van der Waals surface area contributed by atoms with Gasteiger partial charge < -0.3 is 14.6 Å². The molecule has 2 N–H and O–H groups in total. The number of nitrogens with one attached hydrogen (secondary N) is 1. The zero-order chi connectivity index (χ0) is 18.0. The molecular formula is C16H14ClNO6S. The van der Waals surface area contributed by atoms with Gasteiger partial charge in [-0.05, 0) is 30.3 Å². The molecule has 0 atom stereocenters. The van der Waals surface area contributed by atoms with Crippen LogP contribution >= 0.6 is 11.6 Å². The van der Waals surface area contributed by atoms with Gasteiger partial charge in [0.1, 0.15) is 0 Å². The second-order valence-electron chi connectivity index (χ2n) is 5.25. The van der Waals surface area contributed by atoms with Crippen LogP contribution in [0.25, 0.3) is 0 Å². The highest BCUT2D eigenvalue weighted by Crippen LogP contribution is 2.27. The van der Waals surface area contributed by atoms with Crippen molar-refractivity contribution in [3.05, 3.63) is 58.6 Å². The van der Waals surface area contributed by atoms with E-state index >= 15 is 0 Å². The summed E-state index contributed by atoms with van der Waals surface area (Å²) in [5, 5.41) is 8.80. The number of hydrogen-bond acceptors (Lipinski definition) is 5. The lowest BCUT2D eigenvalue weighted by Crippen LogP contribution is -2.14. The number of hydrogen-bond donors (Lipinski definition) is 2. The van der Waals surface area contributed by atoms with Crippen molar-refractivity contribution >= 4 is 33.3 Å². The first-order chi connectivity index (χ1) is 11.9. The van der Waals surface area contributed by atoms with Crippen molar-refractivity contribution in [3.8, 4) is 0 Å². The highest BCUT2D eigenvalue weighted by Gasteiger charge is 2.21. The van der Waals surface area contributed by atoms with Gasteiger partial charge in [-0.1, -0.05) is 23.7 Å². The Balaban J connectivity index is 1.85. The topological polar surface area (TPSA) is 102 Å². The van der Waals surface area contributed by atoms with E-state index in [1.54, 1.807) is 24.3 Å². The molecule has 2 aromatic carbocycles. The average molecular weight is 384 g/mol. The summed E-state index contributed by atoms with van der Waals surface area (Å²) in [5.74, 6) is -1.23. The Labute approximate surface area is 149 Å². The molecule has 25 heavy (non-hydrogen) atoms. The summed E-state index contributed by atoms with van der Waals surface area (Å²) >= 11 is 5.84. The first-order valence-corrected chi connectivity index (χ1v) is 9.12. The minimum Gasteiger partial charge on any atom is -0.478 e. The predicted octanol–water partition coefficient (Wildman–Crippen LogP) is 2.88. The van der Waals surface area contributed by atoms with Gasteiger partial charge >= 0.3 is 5.97 Å². The predicted molar refractivity (Wildman–Crippen MR) is 90.3 cm³/mol. The number of sulfonamides is 1. The Hall–Kier alpha value is -2.13. The smallest absolute Gasteiger partial charge is 0.337 e. The maximum Gasteiger partial charge on any atom is 0.337 e. The second kappa shape index (κ2) is 7.01. The van der Waals surface area contributed by atoms with E-state index in [-0.39, 0.29) is 15.5 Å². The number of carboxylic acids is 1. The first-order valence-electron chi connectivity index (χ1n) is 7.26. The van der Waals surface area contributed by atoms with Gasteiger partial charge in [-0.15, -0.1) is 0 Å². The molecule has 0 bridgehead atoms. The van der Waals surface area contributed by atoms with Crippen LogP contribution in [0.1, 0.15) is 22.2 Å². The molecular weight excluding hydrogens is 370 g/mol. The van der Waals surface area contributed by atoms with E-state index in [1.807, 2.05) is 0 Å². The summed E-state index contributed by atoms with van der Waals surface area (Å²) in [4.78, 5) is 10.8. The van der Waals surface area contributed by atoms with Crippen LogP contribution in [0, 0.1) is 0 Å². The maximum atomic E-state index is 12.5. The van der Waals surface area contributed by atoms with Crippen LogP contribution in [0.5, 0.6) is 0 Å². The molecule has 0 unspecified atom stereocenters. The van der Waals surface area contributed by atoms with Crippen molar-refractivity contribution in [3.63, 3.8) is 0 Å². The molecule has 3 rings (SSSR count). The summed E-state index contributed by atoms with van der Waals surface area (Å²) in [6, 6.07) is 10.1. The van der Waals surface area contributed by atoms with Gasteiger partial charge in [-0.3, -0.25) is 4.72 Å². The number of halogens is 1. The minimum absolute atomic E-state index is 0.138. The standard InChI is InChI=1S/C16H14ClNO6S/c17-14-9-12(4-5-13(14)15(19)20)25(21,22)18-11-3-1-2-10(8-11)16-23-6-7-24-16/h1-5,8-9,16,18H,6-7H2,(H,19,20). The molecule has 1 aliphatic heterocycles. The largest absolute Gasteiger partial charge is 0.478 e. The molecule has 1 heterocycles. The molecule has 0 amide bonds. The third-order valence-corrected chi connectivity index (χ3v) is 5.21. The lowest BCUT2D eigenvalue weighted by Gasteiger charge is -2.13. The van der Waals surface area contributed by atoms with Crippen LogP contribution in [-0.4, -0.2) is 32.7 Å². The third kappa shape index (κ3) is 3.93. The molecule has 7 nitrogen and oxygen atoms in total. The molecule has 2 aromatic rings. The van der Waals surface area contributed by atoms with Crippen molar-refractivity contribution in [2.75, 3.05) is 17.9 Å². The third-order valence-electron chi connectivity index (χ3n) is 3.51. The normalized spacial score (nSPS) is 15.2. The van der Waals surface area contributed by atoms with Gasteiger partial charge in [-0.25, -0.2) is 13.2 Å².